The molecule has 2 heterocycles. The van der Waals surface area contributed by atoms with Gasteiger partial charge < -0.3 is 19.7 Å². The predicted octanol–water partition coefficient (Wildman–Crippen LogP) is 6.14. The van der Waals surface area contributed by atoms with Crippen LogP contribution in [0, 0.1) is 0 Å². The Kier molecular flexibility index (Phi) is 8.30. The van der Waals surface area contributed by atoms with Gasteiger partial charge in [0.25, 0.3) is 11.8 Å². The molecule has 1 aliphatic carbocycles. The van der Waals surface area contributed by atoms with Crippen LogP contribution in [-0.2, 0) is 13.1 Å². The first kappa shape index (κ1) is 30.0. The van der Waals surface area contributed by atoms with E-state index in [1.54, 1.807) is 46.9 Å². The lowest BCUT2D eigenvalue weighted by molar-refractivity contribution is 0.0610. The molecule has 44 heavy (non-hydrogen) atoms. The average molecular weight is 680 g/mol. The molecular weight excluding hydrogens is 648 g/mol. The molecule has 6 rings (SSSR count). The quantitative estimate of drug-likeness (QED) is 0.242. The minimum Gasteiger partial charge on any atom is -0.497 e. The first-order valence-electron chi connectivity index (χ1n) is 14.5. The zero-order valence-corrected chi connectivity index (χ0v) is 26.9. The Morgan fingerprint density at radius 1 is 1.02 bits per heavy atom. The van der Waals surface area contributed by atoms with Crippen molar-refractivity contribution < 1.29 is 19.1 Å². The minimum atomic E-state index is -0.425. The molecule has 11 heteroatoms. The highest BCUT2D eigenvalue weighted by atomic mass is 79.9. The Morgan fingerprint density at radius 2 is 1.70 bits per heavy atom. The molecule has 228 valence electrons. The second-order valence-electron chi connectivity index (χ2n) is 11.2. The molecule has 1 N–H and O–H groups in total. The number of aromatic nitrogens is 2. The first-order chi connectivity index (χ1) is 21.1. The first-order valence-corrected chi connectivity index (χ1v) is 15.6. The van der Waals surface area contributed by atoms with Crippen LogP contribution < -0.4 is 20.5 Å². The number of halogens is 2. The molecular formula is C33H32BrClN4O5. The summed E-state index contributed by atoms with van der Waals surface area (Å²) in [5, 5.41) is 3.49. The number of rotatable bonds is 8. The van der Waals surface area contributed by atoms with Gasteiger partial charge in [-0.05, 0) is 103 Å². The van der Waals surface area contributed by atoms with Gasteiger partial charge in [-0.25, -0.2) is 4.79 Å². The fourth-order valence-corrected chi connectivity index (χ4v) is 5.88. The summed E-state index contributed by atoms with van der Waals surface area (Å²) in [5.74, 6) is 0.762. The molecule has 0 spiro atoms. The molecule has 0 saturated heterocycles. The lowest BCUT2D eigenvalue weighted by Crippen LogP contribution is -2.47. The second kappa shape index (κ2) is 12.2. The van der Waals surface area contributed by atoms with Gasteiger partial charge in [0.15, 0.2) is 0 Å². The molecule has 1 saturated carbocycles. The van der Waals surface area contributed by atoms with Gasteiger partial charge >= 0.3 is 5.69 Å². The molecule has 2 aliphatic rings. The number of nitrogens with zero attached hydrogens (tertiary/aromatic N) is 3. The number of hydrogen-bond acceptors (Lipinski definition) is 5. The third-order valence-electron chi connectivity index (χ3n) is 8.07. The zero-order chi connectivity index (χ0) is 31.1. The smallest absolute Gasteiger partial charge is 0.333 e. The highest BCUT2D eigenvalue weighted by molar-refractivity contribution is 9.10. The van der Waals surface area contributed by atoms with Crippen molar-refractivity contribution in [1.82, 2.24) is 19.4 Å². The van der Waals surface area contributed by atoms with Crippen LogP contribution in [0.2, 0.25) is 5.02 Å². The van der Waals surface area contributed by atoms with E-state index in [9.17, 15) is 14.4 Å². The van der Waals surface area contributed by atoms with Crippen molar-refractivity contribution >= 4 is 39.3 Å². The molecule has 0 unspecified atom stereocenters. The summed E-state index contributed by atoms with van der Waals surface area (Å²) in [5.41, 5.74) is 2.13. The summed E-state index contributed by atoms with van der Waals surface area (Å²) >= 11 is 9.67. The van der Waals surface area contributed by atoms with E-state index >= 15 is 0 Å². The van der Waals surface area contributed by atoms with E-state index in [0.717, 1.165) is 18.4 Å². The number of amides is 2. The van der Waals surface area contributed by atoms with E-state index in [1.165, 1.54) is 4.57 Å². The van der Waals surface area contributed by atoms with Crippen molar-refractivity contribution in [1.29, 1.82) is 0 Å². The normalized spacial score (nSPS) is 16.7. The fraction of sp³-hybridized carbons (Fsp3) is 0.303. The number of carbonyl (C=O) groups is 2. The zero-order valence-electron chi connectivity index (χ0n) is 24.6. The number of ether oxygens (including phenoxy) is 2. The molecule has 3 aromatic carbocycles. The van der Waals surface area contributed by atoms with Gasteiger partial charge in [0.05, 0.1) is 42.2 Å². The third kappa shape index (κ3) is 5.88. The third-order valence-corrected chi connectivity index (χ3v) is 9.30. The number of methoxy groups -OCH3 is 1. The van der Waals surface area contributed by atoms with Gasteiger partial charge in [0.2, 0.25) is 0 Å². The van der Waals surface area contributed by atoms with Gasteiger partial charge in [0.1, 0.15) is 17.2 Å². The number of imidazole rings is 1. The van der Waals surface area contributed by atoms with Crippen molar-refractivity contribution in [2.45, 2.75) is 58.0 Å². The summed E-state index contributed by atoms with van der Waals surface area (Å²) in [6, 6.07) is 19.0. The molecule has 4 aromatic rings. The summed E-state index contributed by atoms with van der Waals surface area (Å²) in [7, 11) is 1.60. The number of fused-ring (bicyclic) bond motifs is 1. The van der Waals surface area contributed by atoms with Crippen molar-refractivity contribution in [3.05, 3.63) is 109 Å². The van der Waals surface area contributed by atoms with E-state index in [2.05, 4.69) is 21.2 Å². The lowest BCUT2D eigenvalue weighted by Gasteiger charge is -2.34. The van der Waals surface area contributed by atoms with Gasteiger partial charge in [-0.2, -0.15) is 0 Å². The summed E-state index contributed by atoms with van der Waals surface area (Å²) in [4.78, 5) is 43.5. The Morgan fingerprint density at radius 3 is 2.34 bits per heavy atom. The van der Waals surface area contributed by atoms with Crippen LogP contribution in [0.25, 0.3) is 5.69 Å². The van der Waals surface area contributed by atoms with Gasteiger partial charge in [0, 0.05) is 22.6 Å². The van der Waals surface area contributed by atoms with E-state index in [4.69, 9.17) is 21.1 Å². The van der Waals surface area contributed by atoms with Gasteiger partial charge in [-0.15, -0.1) is 0 Å². The monoisotopic (exact) mass is 678 g/mol. The average Bonchev–Trinajstić information content (AvgIpc) is 3.80. The molecule has 2 amide bonds. The summed E-state index contributed by atoms with van der Waals surface area (Å²) < 4.78 is 14.9. The number of carbonyl (C=O) groups excluding carboxylic acids is 2. The molecule has 0 radical (unpaired) electrons. The van der Waals surface area contributed by atoms with E-state index < -0.39 is 5.91 Å². The van der Waals surface area contributed by atoms with Gasteiger partial charge in [-0.3, -0.25) is 18.7 Å². The van der Waals surface area contributed by atoms with Crippen LogP contribution in [0.1, 0.15) is 64.8 Å². The molecule has 1 aromatic heterocycles. The predicted molar refractivity (Wildman–Crippen MR) is 171 cm³/mol. The maximum absolute atomic E-state index is 14.1. The topological polar surface area (TPSA) is 94.8 Å². The molecule has 1 fully saturated rings. The molecule has 0 bridgehead atoms. The van der Waals surface area contributed by atoms with E-state index in [-0.39, 0.29) is 48.6 Å². The summed E-state index contributed by atoms with van der Waals surface area (Å²) in [6.07, 6.45) is 2.30. The van der Waals surface area contributed by atoms with Gasteiger partial charge in [-0.1, -0.05) is 23.7 Å². The van der Waals surface area contributed by atoms with Crippen LogP contribution >= 0.6 is 27.5 Å². The summed E-state index contributed by atoms with van der Waals surface area (Å²) in [6.45, 7) is 4.07. The van der Waals surface area contributed by atoms with Crippen LogP contribution in [0.4, 0.5) is 0 Å². The maximum Gasteiger partial charge on any atom is 0.333 e. The second-order valence-corrected chi connectivity index (χ2v) is 12.5. The highest BCUT2D eigenvalue weighted by Crippen LogP contribution is 2.30. The molecule has 2 atom stereocenters. The van der Waals surface area contributed by atoms with Crippen molar-refractivity contribution in [3.8, 4) is 17.2 Å². The fourth-order valence-electron chi connectivity index (χ4n) is 5.45. The van der Waals surface area contributed by atoms with Crippen molar-refractivity contribution in [3.63, 3.8) is 0 Å². The van der Waals surface area contributed by atoms with Crippen LogP contribution in [0.3, 0.4) is 0 Å². The standard InChI is InChI=1S/C33H32BrClN4O5/c1-19-17-38-29(18-37(19)32(41)22-6-15-27(34)28(35)16-22)30(31(40)36-20(2)21-4-9-24(43-3)10-5-21)39(33(38)42)23-7-11-25(12-8-23)44-26-13-14-26/h4-12,15-16,19-20,26H,13-14,17-18H2,1-3H3,(H,36,40)/t19-,20+/m1/s1. The highest BCUT2D eigenvalue weighted by Gasteiger charge is 2.36. The number of benzene rings is 3. The van der Waals surface area contributed by atoms with Crippen molar-refractivity contribution in [2.24, 2.45) is 0 Å². The largest absolute Gasteiger partial charge is 0.497 e. The van der Waals surface area contributed by atoms with Crippen LogP contribution in [0.15, 0.2) is 76.0 Å². The Hall–Kier alpha value is -4.02. The molecule has 1 aliphatic heterocycles. The lowest BCUT2D eigenvalue weighted by atomic mass is 10.1. The van der Waals surface area contributed by atoms with Crippen LogP contribution in [-0.4, -0.2) is 45.1 Å². The SMILES string of the molecule is COc1ccc([C@H](C)NC(=O)c2c3n(c(=O)n2-c2ccc(OC4CC4)cc2)C[C@@H](C)N(C(=O)c2ccc(Br)c(Cl)c2)C3)cc1. The van der Waals surface area contributed by atoms with E-state index in [1.807, 2.05) is 50.2 Å². The maximum atomic E-state index is 14.1. The Bertz CT molecular complexity index is 1780. The Balaban J connectivity index is 1.39. The number of nitrogens with one attached hydrogen (secondary N) is 1. The van der Waals surface area contributed by atoms with E-state index in [0.29, 0.717) is 37.9 Å². The molecule has 9 nitrogen and oxygen atoms in total. The van der Waals surface area contributed by atoms with Crippen molar-refractivity contribution in [2.75, 3.05) is 7.11 Å². The Labute approximate surface area is 268 Å². The van der Waals surface area contributed by atoms with Crippen LogP contribution in [0.5, 0.6) is 11.5 Å². The minimum absolute atomic E-state index is 0.0679. The number of hydrogen-bond donors (Lipinski definition) is 1.